The van der Waals surface area contributed by atoms with Gasteiger partial charge in [0.05, 0.1) is 11.8 Å². The molecule has 4 N–H and O–H groups in total. The number of nitrogens with one attached hydrogen (secondary N) is 1. The summed E-state index contributed by atoms with van der Waals surface area (Å²) < 4.78 is 76.5. The van der Waals surface area contributed by atoms with Crippen molar-refractivity contribution >= 4 is 17.4 Å². The summed E-state index contributed by atoms with van der Waals surface area (Å²) in [4.78, 5) is 23.8. The van der Waals surface area contributed by atoms with Crippen LogP contribution < -0.4 is 15.8 Å². The number of anilines is 2. The number of nitrogens with two attached hydrogens (primary N) is 1. The number of rotatable bonds is 5. The first-order chi connectivity index (χ1) is 18.1. The number of aliphatic hydroxyl groups is 1. The van der Waals surface area contributed by atoms with Crippen LogP contribution in [0.5, 0.6) is 11.5 Å². The average Bonchev–Trinajstić information content (AvgIpc) is 3.33. The second kappa shape index (κ2) is 10.5. The lowest BCUT2D eigenvalue weighted by atomic mass is 10.2. The van der Waals surface area contributed by atoms with E-state index in [0.29, 0.717) is 23.0 Å². The molecule has 0 bridgehead atoms. The molecule has 15 heteroatoms. The number of alkyl halides is 3. The normalized spacial score (nSPS) is 11.0. The fraction of sp³-hybridized carbons (Fsp3) is 0.0870. The van der Waals surface area contributed by atoms with Gasteiger partial charge >= 0.3 is 6.18 Å². The molecule has 0 saturated heterocycles. The molecule has 0 aliphatic heterocycles. The minimum absolute atomic E-state index is 0.0446. The average molecular weight is 531 g/mol. The van der Waals surface area contributed by atoms with Crippen LogP contribution in [0.4, 0.5) is 33.5 Å². The van der Waals surface area contributed by atoms with E-state index >= 15 is 0 Å². The largest absolute Gasteiger partial charge is 0.450 e. The summed E-state index contributed by atoms with van der Waals surface area (Å²) in [6.45, 7) is -0.530. The molecule has 0 radical (unpaired) electrons. The maximum absolute atomic E-state index is 14.8. The van der Waals surface area contributed by atoms with Gasteiger partial charge in [0.25, 0.3) is 11.9 Å². The van der Waals surface area contributed by atoms with Crippen LogP contribution in [0.3, 0.4) is 0 Å². The van der Waals surface area contributed by atoms with E-state index in [9.17, 15) is 26.7 Å². The van der Waals surface area contributed by atoms with Crippen LogP contribution in [0, 0.1) is 23.5 Å². The zero-order valence-electron chi connectivity index (χ0n) is 18.8. The Hall–Kier alpha value is -5.10. The molecule has 0 spiro atoms. The number of amides is 1. The molecule has 1 aromatic carbocycles. The number of aromatic nitrogens is 5. The molecule has 38 heavy (non-hydrogen) atoms. The monoisotopic (exact) mass is 531 g/mol. The minimum Gasteiger partial charge on any atom is -0.450 e. The quantitative estimate of drug-likeness (QED) is 0.263. The van der Waals surface area contributed by atoms with Crippen molar-refractivity contribution in [1.82, 2.24) is 24.7 Å². The minimum atomic E-state index is -5.06. The fourth-order valence-electron chi connectivity index (χ4n) is 3.18. The summed E-state index contributed by atoms with van der Waals surface area (Å²) in [5.74, 6) is -0.866. The summed E-state index contributed by atoms with van der Waals surface area (Å²) in [5.41, 5.74) is 2.72. The molecule has 0 aliphatic rings. The Balaban J connectivity index is 1.64. The molecule has 10 nitrogen and oxygen atoms in total. The molecule has 0 fully saturated rings. The molecule has 0 atom stereocenters. The van der Waals surface area contributed by atoms with Crippen LogP contribution in [-0.4, -0.2) is 42.4 Å². The third-order valence-electron chi connectivity index (χ3n) is 4.73. The standard InChI is InChI=1S/C23H14F5N7O3/c24-15-9-12(10-16(25)18(15)38-17-4-7-30-20(29)13(17)3-1-8-36)34-21(37)14-11-33-35(19(14)23(26,27)28)22-31-5-2-6-32-22/h2,4-7,9-11,36H,8H2,(H2,29,30)(H,34,37). The Bertz CT molecular complexity index is 1540. The van der Waals surface area contributed by atoms with Gasteiger partial charge in [-0.25, -0.2) is 23.7 Å². The van der Waals surface area contributed by atoms with Gasteiger partial charge in [-0.2, -0.15) is 23.0 Å². The molecule has 194 valence electrons. The van der Waals surface area contributed by atoms with Crippen molar-refractivity contribution in [3.8, 4) is 29.3 Å². The summed E-state index contributed by atoms with van der Waals surface area (Å²) in [7, 11) is 0. The van der Waals surface area contributed by atoms with Gasteiger partial charge in [0.1, 0.15) is 23.7 Å². The molecule has 0 saturated carbocycles. The Kier molecular flexibility index (Phi) is 7.17. The van der Waals surface area contributed by atoms with Crippen molar-refractivity contribution in [2.24, 2.45) is 0 Å². The topological polar surface area (TPSA) is 141 Å². The van der Waals surface area contributed by atoms with Gasteiger partial charge in [0.2, 0.25) is 0 Å². The number of nitrogen functional groups attached to an aromatic ring is 1. The molecule has 0 aliphatic carbocycles. The fourth-order valence-corrected chi connectivity index (χ4v) is 3.18. The van der Waals surface area contributed by atoms with E-state index in [0.717, 1.165) is 0 Å². The van der Waals surface area contributed by atoms with Crippen LogP contribution in [0.15, 0.2) is 49.1 Å². The summed E-state index contributed by atoms with van der Waals surface area (Å²) in [6.07, 6.45) is -0.873. The van der Waals surface area contributed by atoms with E-state index in [1.807, 2.05) is 5.32 Å². The van der Waals surface area contributed by atoms with Gasteiger partial charge in [0.15, 0.2) is 23.1 Å². The highest BCUT2D eigenvalue weighted by molar-refractivity contribution is 6.05. The smallest absolute Gasteiger partial charge is 0.434 e. The third-order valence-corrected chi connectivity index (χ3v) is 4.73. The number of carbonyl (C=O) groups is 1. The Morgan fingerprint density at radius 3 is 2.45 bits per heavy atom. The highest BCUT2D eigenvalue weighted by atomic mass is 19.4. The highest BCUT2D eigenvalue weighted by Crippen LogP contribution is 2.35. The van der Waals surface area contributed by atoms with E-state index in [4.69, 9.17) is 15.6 Å². The first-order valence-corrected chi connectivity index (χ1v) is 10.3. The maximum Gasteiger partial charge on any atom is 0.434 e. The molecule has 4 rings (SSSR count). The molecule has 0 unspecified atom stereocenters. The van der Waals surface area contributed by atoms with Crippen molar-refractivity contribution in [3.05, 3.63) is 77.5 Å². The summed E-state index contributed by atoms with van der Waals surface area (Å²) in [6, 6.07) is 3.87. The van der Waals surface area contributed by atoms with Crippen LogP contribution in [-0.2, 0) is 6.18 Å². The first-order valence-electron chi connectivity index (χ1n) is 10.3. The second-order valence-corrected chi connectivity index (χ2v) is 7.22. The van der Waals surface area contributed by atoms with Gasteiger partial charge in [-0.05, 0) is 6.07 Å². The van der Waals surface area contributed by atoms with Gasteiger partial charge in [0, 0.05) is 42.5 Å². The zero-order valence-corrected chi connectivity index (χ0v) is 18.8. The van der Waals surface area contributed by atoms with Gasteiger partial charge < -0.3 is 20.9 Å². The summed E-state index contributed by atoms with van der Waals surface area (Å²) in [5, 5.41) is 14.4. The Labute approximate surface area is 209 Å². The number of ether oxygens (including phenoxy) is 1. The van der Waals surface area contributed by atoms with Gasteiger partial charge in [-0.1, -0.05) is 11.8 Å². The molecule has 1 amide bonds. The lowest BCUT2D eigenvalue weighted by molar-refractivity contribution is -0.143. The zero-order chi connectivity index (χ0) is 27.4. The third kappa shape index (κ3) is 5.34. The molecule has 3 heterocycles. The first kappa shape index (κ1) is 26.0. The van der Waals surface area contributed by atoms with E-state index in [1.165, 1.54) is 30.7 Å². The van der Waals surface area contributed by atoms with Crippen molar-refractivity contribution in [3.63, 3.8) is 0 Å². The van der Waals surface area contributed by atoms with Crippen LogP contribution in [0.25, 0.3) is 5.95 Å². The van der Waals surface area contributed by atoms with Crippen molar-refractivity contribution in [2.75, 3.05) is 17.7 Å². The predicted molar refractivity (Wildman–Crippen MR) is 121 cm³/mol. The highest BCUT2D eigenvalue weighted by Gasteiger charge is 2.41. The van der Waals surface area contributed by atoms with Crippen LogP contribution in [0.1, 0.15) is 21.6 Å². The van der Waals surface area contributed by atoms with E-state index in [1.54, 1.807) is 0 Å². The SMILES string of the molecule is Nc1nccc(Oc2c(F)cc(NC(=O)c3cnn(-c4ncccn4)c3C(F)(F)F)cc2F)c1C#CCO. The van der Waals surface area contributed by atoms with E-state index in [-0.39, 0.29) is 17.1 Å². The van der Waals surface area contributed by atoms with Crippen LogP contribution in [0.2, 0.25) is 0 Å². The molecule has 3 aromatic heterocycles. The Morgan fingerprint density at radius 1 is 1.13 bits per heavy atom. The number of benzene rings is 1. The number of nitrogens with zero attached hydrogens (tertiary/aromatic N) is 5. The lowest BCUT2D eigenvalue weighted by Crippen LogP contribution is -2.21. The lowest BCUT2D eigenvalue weighted by Gasteiger charge is -2.13. The summed E-state index contributed by atoms with van der Waals surface area (Å²) >= 11 is 0. The van der Waals surface area contributed by atoms with Crippen LogP contribution >= 0.6 is 0 Å². The molecule has 4 aromatic rings. The maximum atomic E-state index is 14.8. The van der Waals surface area contributed by atoms with E-state index in [2.05, 4.69) is 31.9 Å². The van der Waals surface area contributed by atoms with Crippen molar-refractivity contribution < 1.29 is 36.6 Å². The van der Waals surface area contributed by atoms with Gasteiger partial charge in [-0.3, -0.25) is 4.79 Å². The second-order valence-electron chi connectivity index (χ2n) is 7.22. The number of aliphatic hydroxyl groups excluding tert-OH is 1. The molecular formula is C23H14F5N7O3. The number of hydrogen-bond donors (Lipinski definition) is 3. The van der Waals surface area contributed by atoms with E-state index < -0.39 is 59.0 Å². The van der Waals surface area contributed by atoms with Crippen molar-refractivity contribution in [2.45, 2.75) is 6.18 Å². The number of hydrogen-bond acceptors (Lipinski definition) is 8. The molecular weight excluding hydrogens is 517 g/mol. The predicted octanol–water partition coefficient (Wildman–Crippen LogP) is 3.32. The number of halogens is 5. The van der Waals surface area contributed by atoms with Crippen molar-refractivity contribution in [1.29, 1.82) is 0 Å². The van der Waals surface area contributed by atoms with Gasteiger partial charge in [-0.15, -0.1) is 0 Å². The number of carbonyl (C=O) groups excluding carboxylic acids is 1. The Morgan fingerprint density at radius 2 is 1.82 bits per heavy atom. The number of pyridine rings is 1.